The van der Waals surface area contributed by atoms with Crippen LogP contribution in [0.4, 0.5) is 24.7 Å². The quantitative estimate of drug-likeness (QED) is 0.104. The van der Waals surface area contributed by atoms with Gasteiger partial charge in [-0.3, -0.25) is 29.4 Å². The average molecular weight is 951 g/mol. The number of carbonyl (C=O) groups excluding carboxylic acids is 4. The van der Waals surface area contributed by atoms with Crippen molar-refractivity contribution in [2.24, 2.45) is 17.3 Å². The van der Waals surface area contributed by atoms with Crippen molar-refractivity contribution in [3.63, 3.8) is 0 Å². The van der Waals surface area contributed by atoms with Gasteiger partial charge in [0.1, 0.15) is 17.4 Å². The Hall–Kier alpha value is -5.77. The van der Waals surface area contributed by atoms with E-state index in [1.807, 2.05) is 41.3 Å². The number of carbonyl (C=O) groups is 4. The van der Waals surface area contributed by atoms with Crippen molar-refractivity contribution < 1.29 is 37.1 Å². The summed E-state index contributed by atoms with van der Waals surface area (Å²) in [7, 11) is 1.64. The first-order chi connectivity index (χ1) is 33.0. The highest BCUT2D eigenvalue weighted by molar-refractivity contribution is 6.01. The van der Waals surface area contributed by atoms with Crippen molar-refractivity contribution in [3.8, 4) is 5.75 Å². The van der Waals surface area contributed by atoms with Gasteiger partial charge in [-0.25, -0.2) is 9.97 Å². The van der Waals surface area contributed by atoms with Crippen molar-refractivity contribution in [3.05, 3.63) is 88.2 Å². The molecule has 5 fully saturated rings. The number of piperazine rings is 1. The van der Waals surface area contributed by atoms with E-state index in [0.717, 1.165) is 119 Å². The summed E-state index contributed by atoms with van der Waals surface area (Å²) in [4.78, 5) is 67.2. The fourth-order valence-electron chi connectivity index (χ4n) is 11.9. The monoisotopic (exact) mass is 951 g/mol. The highest BCUT2D eigenvalue weighted by Gasteiger charge is 2.40. The molecule has 4 heterocycles. The minimum absolute atomic E-state index is 0.0232. The maximum absolute atomic E-state index is 13.9. The minimum atomic E-state index is -4.52. The fourth-order valence-corrected chi connectivity index (χ4v) is 11.9. The number of anilines is 2. The molecule has 16 heteroatoms. The van der Waals surface area contributed by atoms with Crippen LogP contribution in [0.15, 0.2) is 54.6 Å². The third-order valence-corrected chi connectivity index (χ3v) is 16.1. The van der Waals surface area contributed by atoms with E-state index in [9.17, 15) is 32.3 Å². The zero-order chi connectivity index (χ0) is 48.6. The van der Waals surface area contributed by atoms with Gasteiger partial charge in [-0.1, -0.05) is 12.1 Å². The van der Waals surface area contributed by atoms with Crippen LogP contribution in [-0.4, -0.2) is 101 Å². The molecular weight excluding hydrogens is 886 g/mol. The number of aryl methyl sites for hydroxylation is 1. The van der Waals surface area contributed by atoms with Gasteiger partial charge in [0.25, 0.3) is 5.91 Å². The molecule has 368 valence electrons. The van der Waals surface area contributed by atoms with Gasteiger partial charge in [-0.05, 0) is 155 Å². The van der Waals surface area contributed by atoms with Crippen LogP contribution in [0.3, 0.4) is 0 Å². The summed E-state index contributed by atoms with van der Waals surface area (Å²) in [5.74, 6) is 1.95. The number of aromatic nitrogens is 2. The molecule has 4 aromatic rings. The van der Waals surface area contributed by atoms with Gasteiger partial charge in [-0.2, -0.15) is 13.2 Å². The number of ether oxygens (including phenoxy) is 1. The van der Waals surface area contributed by atoms with Gasteiger partial charge in [-0.15, -0.1) is 0 Å². The van der Waals surface area contributed by atoms with Crippen LogP contribution in [0.5, 0.6) is 5.75 Å². The Morgan fingerprint density at radius 1 is 0.870 bits per heavy atom. The van der Waals surface area contributed by atoms with Crippen LogP contribution in [-0.2, 0) is 20.6 Å². The van der Waals surface area contributed by atoms with Crippen molar-refractivity contribution in [2.45, 2.75) is 115 Å². The second-order valence-corrected chi connectivity index (χ2v) is 20.5. The number of hydrogen-bond acceptors (Lipinski definition) is 10. The molecule has 2 aliphatic carbocycles. The zero-order valence-electron chi connectivity index (χ0n) is 40.0. The van der Waals surface area contributed by atoms with E-state index in [1.54, 1.807) is 27.0 Å². The molecule has 3 aromatic carbocycles. The van der Waals surface area contributed by atoms with E-state index in [0.29, 0.717) is 52.5 Å². The molecular formula is C53H65F3N8O5. The maximum atomic E-state index is 13.9. The number of alkyl halides is 3. The summed E-state index contributed by atoms with van der Waals surface area (Å²) in [5.41, 5.74) is 8.96. The number of nitrogens with zero attached hydrogens (tertiary/aromatic N) is 5. The van der Waals surface area contributed by atoms with Crippen LogP contribution >= 0.6 is 0 Å². The molecule has 3 aliphatic heterocycles. The molecule has 2 saturated carbocycles. The lowest BCUT2D eigenvalue weighted by molar-refractivity contribution is -0.139. The molecule has 13 nitrogen and oxygen atoms in total. The smallest absolute Gasteiger partial charge is 0.416 e. The Bertz CT molecular complexity index is 2550. The Kier molecular flexibility index (Phi) is 13.9. The van der Waals surface area contributed by atoms with Gasteiger partial charge in [0.05, 0.1) is 30.1 Å². The second-order valence-electron chi connectivity index (χ2n) is 20.5. The molecule has 1 aromatic heterocycles. The highest BCUT2D eigenvalue weighted by atomic mass is 19.4. The third kappa shape index (κ3) is 10.7. The predicted octanol–water partition coefficient (Wildman–Crippen LogP) is 8.77. The molecule has 9 rings (SSSR count). The molecule has 0 radical (unpaired) electrons. The zero-order valence-corrected chi connectivity index (χ0v) is 40.0. The standard InChI is InChI=1S/C53H65F3N8O5/c1-32(39-26-40(53(54,55)56)28-41(57)27-39)58-48-44-29-43(46(69-3)30-45(44)59-33(2)60-48)36-6-10-38(11-7-36)51(68)64-24-22-62(23-25-64)31-34-14-16-52(17-15-34)18-20-63(21-19-52)50(67)37-8-4-35(5-9-37)42-12-13-47(65)61-49(42)66/h4-5,8-9,26-30,32,34,36,38,42H,6-7,10-25,31,57H2,1-3H3,(H,58,59,60)(H,61,65,66)/t32-,36?,38?,42-/m1/s1. The molecule has 69 heavy (non-hydrogen) atoms. The lowest BCUT2D eigenvalue weighted by Crippen LogP contribution is -2.52. The summed E-state index contributed by atoms with van der Waals surface area (Å²) >= 11 is 0. The number of benzene rings is 3. The number of nitrogens with two attached hydrogens (primary N) is 1. The van der Waals surface area contributed by atoms with Gasteiger partial charge in [0.15, 0.2) is 0 Å². The average Bonchev–Trinajstić information content (AvgIpc) is 3.34. The first-order valence-electron chi connectivity index (χ1n) is 24.9. The number of imide groups is 1. The Morgan fingerprint density at radius 3 is 2.22 bits per heavy atom. The van der Waals surface area contributed by atoms with E-state index in [-0.39, 0.29) is 47.1 Å². The molecule has 3 saturated heterocycles. The summed E-state index contributed by atoms with van der Waals surface area (Å²) < 4.78 is 46.8. The van der Waals surface area contributed by atoms with Gasteiger partial charge in [0, 0.05) is 80.9 Å². The molecule has 1 spiro atoms. The summed E-state index contributed by atoms with van der Waals surface area (Å²) in [6.45, 7) is 9.42. The fraction of sp³-hybridized carbons (Fsp3) is 0.547. The summed E-state index contributed by atoms with van der Waals surface area (Å²) in [5, 5.41) is 6.50. The number of likely N-dealkylation sites (tertiary alicyclic amines) is 1. The molecule has 2 atom stereocenters. The maximum Gasteiger partial charge on any atom is 0.416 e. The minimum Gasteiger partial charge on any atom is -0.496 e. The number of amides is 4. The van der Waals surface area contributed by atoms with Crippen LogP contribution in [0.1, 0.15) is 140 Å². The van der Waals surface area contributed by atoms with Gasteiger partial charge in [0.2, 0.25) is 17.7 Å². The number of halogens is 3. The van der Waals surface area contributed by atoms with E-state index in [2.05, 4.69) is 30.4 Å². The first-order valence-corrected chi connectivity index (χ1v) is 24.9. The molecule has 4 N–H and O–H groups in total. The lowest BCUT2D eigenvalue weighted by atomic mass is 9.65. The van der Waals surface area contributed by atoms with Gasteiger partial charge < -0.3 is 25.6 Å². The van der Waals surface area contributed by atoms with E-state index in [1.165, 1.54) is 25.7 Å². The number of hydrogen-bond donors (Lipinski definition) is 3. The number of nitrogens with one attached hydrogen (secondary N) is 2. The number of piperidine rings is 2. The number of methoxy groups -OCH3 is 1. The number of nitrogen functional groups attached to an aromatic ring is 1. The Labute approximate surface area is 402 Å². The number of fused-ring (bicyclic) bond motifs is 1. The summed E-state index contributed by atoms with van der Waals surface area (Å²) in [6, 6.07) is 14.3. The Balaban J connectivity index is 0.727. The first kappa shape index (κ1) is 48.3. The van der Waals surface area contributed by atoms with Crippen molar-refractivity contribution in [2.75, 3.05) is 64.0 Å². The normalized spacial score (nSPS) is 23.2. The SMILES string of the molecule is COc1cc2nc(C)nc(N[C@H](C)c3cc(N)cc(C(F)(F)F)c3)c2cc1C1CCC(C(=O)N2CCN(CC3CCC4(CC3)CCN(C(=O)c3ccc([C@H]5CCC(=O)NC5=O)cc3)CC4)CC2)CC1. The topological polar surface area (TPSA) is 163 Å². The molecule has 4 amide bonds. The van der Waals surface area contributed by atoms with Crippen molar-refractivity contribution in [1.82, 2.24) is 30.0 Å². The number of rotatable bonds is 10. The summed E-state index contributed by atoms with van der Waals surface area (Å²) in [6.07, 6.45) is 6.32. The molecule has 5 aliphatic rings. The molecule has 0 bridgehead atoms. The van der Waals surface area contributed by atoms with E-state index < -0.39 is 17.8 Å². The Morgan fingerprint density at radius 2 is 1.57 bits per heavy atom. The predicted molar refractivity (Wildman–Crippen MR) is 258 cm³/mol. The van der Waals surface area contributed by atoms with Crippen LogP contribution in [0.2, 0.25) is 0 Å². The van der Waals surface area contributed by atoms with Crippen LogP contribution in [0, 0.1) is 24.2 Å². The second kappa shape index (κ2) is 19.9. The molecule has 0 unspecified atom stereocenters. The van der Waals surface area contributed by atoms with Gasteiger partial charge >= 0.3 is 6.18 Å². The largest absolute Gasteiger partial charge is 0.496 e. The van der Waals surface area contributed by atoms with E-state index >= 15 is 0 Å². The van der Waals surface area contributed by atoms with E-state index in [4.69, 9.17) is 10.5 Å². The lowest BCUT2D eigenvalue weighted by Gasteiger charge is -2.47. The van der Waals surface area contributed by atoms with Crippen molar-refractivity contribution in [1.29, 1.82) is 0 Å². The van der Waals surface area contributed by atoms with Crippen molar-refractivity contribution >= 4 is 46.0 Å². The third-order valence-electron chi connectivity index (χ3n) is 16.1. The van der Waals surface area contributed by atoms with Crippen LogP contribution in [0.25, 0.3) is 10.9 Å². The van der Waals surface area contributed by atoms with Crippen LogP contribution < -0.4 is 21.1 Å². The highest BCUT2D eigenvalue weighted by Crippen LogP contribution is 2.47.